The van der Waals surface area contributed by atoms with Crippen LogP contribution in [0.1, 0.15) is 10.4 Å². The molecule has 0 spiro atoms. The second-order valence-corrected chi connectivity index (χ2v) is 5.03. The summed E-state index contributed by atoms with van der Waals surface area (Å²) in [6, 6.07) is 5.20. The Bertz CT molecular complexity index is 743. The molecule has 0 aliphatic carbocycles. The second-order valence-electron chi connectivity index (χ2n) is 4.17. The number of amides is 1. The van der Waals surface area contributed by atoms with Crippen LogP contribution in [-0.4, -0.2) is 10.5 Å². The molecule has 0 atom stereocenters. The molecular weight excluding hydrogens is 329 g/mol. The summed E-state index contributed by atoms with van der Waals surface area (Å²) in [4.78, 5) is 23.3. The first-order valence-corrected chi connectivity index (χ1v) is 6.40. The summed E-state index contributed by atoms with van der Waals surface area (Å²) in [6.07, 6.45) is 1.49. The Morgan fingerprint density at radius 2 is 2.10 bits per heavy atom. The van der Waals surface area contributed by atoms with E-state index in [1.807, 2.05) is 0 Å². The third kappa shape index (κ3) is 2.88. The number of hydrogen-bond donors (Lipinski definition) is 2. The molecule has 1 aromatic heterocycles. The Labute approximate surface area is 122 Å². The van der Waals surface area contributed by atoms with Crippen molar-refractivity contribution >= 4 is 33.2 Å². The third-order valence-electron chi connectivity index (χ3n) is 2.67. The summed E-state index contributed by atoms with van der Waals surface area (Å²) >= 11 is 3.11. The van der Waals surface area contributed by atoms with Crippen molar-refractivity contribution in [1.29, 1.82) is 0 Å². The van der Waals surface area contributed by atoms with Gasteiger partial charge in [-0.05, 0) is 34.1 Å². The Hall–Kier alpha value is -2.15. The fraction of sp³-hybridized carbons (Fsp3) is 0.0769. The van der Waals surface area contributed by atoms with E-state index < -0.39 is 11.7 Å². The minimum absolute atomic E-state index is 0.112. The smallest absolute Gasteiger partial charge is 0.256 e. The lowest BCUT2D eigenvalue weighted by Crippen LogP contribution is -2.18. The van der Waals surface area contributed by atoms with Crippen molar-refractivity contribution in [2.75, 3.05) is 11.1 Å². The highest BCUT2D eigenvalue weighted by molar-refractivity contribution is 9.10. The molecule has 1 aromatic carbocycles. The van der Waals surface area contributed by atoms with E-state index in [0.717, 1.165) is 6.07 Å². The average Bonchev–Trinajstić information content (AvgIpc) is 2.38. The maximum atomic E-state index is 13.2. The van der Waals surface area contributed by atoms with Gasteiger partial charge in [0.1, 0.15) is 5.82 Å². The number of benzene rings is 1. The van der Waals surface area contributed by atoms with Crippen molar-refractivity contribution in [3.63, 3.8) is 0 Å². The lowest BCUT2D eigenvalue weighted by molar-refractivity contribution is 0.102. The molecule has 0 unspecified atom stereocenters. The van der Waals surface area contributed by atoms with Gasteiger partial charge in [0, 0.05) is 23.8 Å². The number of carbonyl (C=O) groups is 1. The van der Waals surface area contributed by atoms with E-state index in [-0.39, 0.29) is 16.8 Å². The maximum absolute atomic E-state index is 13.2. The van der Waals surface area contributed by atoms with E-state index in [4.69, 9.17) is 5.73 Å². The van der Waals surface area contributed by atoms with Crippen LogP contribution in [0.3, 0.4) is 0 Å². The molecule has 0 bridgehead atoms. The number of anilines is 2. The highest BCUT2D eigenvalue weighted by Gasteiger charge is 2.13. The molecule has 0 aliphatic heterocycles. The van der Waals surface area contributed by atoms with Crippen molar-refractivity contribution in [3.8, 4) is 0 Å². The van der Waals surface area contributed by atoms with Crippen LogP contribution >= 0.6 is 15.9 Å². The Balaban J connectivity index is 2.30. The SMILES string of the molecule is Cn1cc(NC(=O)c2cc(N)c(F)cc2Br)ccc1=O. The molecule has 7 heteroatoms. The molecule has 20 heavy (non-hydrogen) atoms. The van der Waals surface area contributed by atoms with Crippen LogP contribution < -0.4 is 16.6 Å². The predicted octanol–water partition coefficient (Wildman–Crippen LogP) is 2.12. The van der Waals surface area contributed by atoms with E-state index in [1.165, 1.54) is 29.0 Å². The molecule has 0 fully saturated rings. The summed E-state index contributed by atoms with van der Waals surface area (Å²) in [7, 11) is 1.57. The summed E-state index contributed by atoms with van der Waals surface area (Å²) < 4.78 is 14.9. The van der Waals surface area contributed by atoms with E-state index in [2.05, 4.69) is 21.2 Å². The minimum atomic E-state index is -0.601. The number of aromatic nitrogens is 1. The van der Waals surface area contributed by atoms with Crippen LogP contribution in [-0.2, 0) is 7.05 Å². The number of nitrogen functional groups attached to an aromatic ring is 1. The van der Waals surface area contributed by atoms with E-state index >= 15 is 0 Å². The predicted molar refractivity (Wildman–Crippen MR) is 78.1 cm³/mol. The normalized spacial score (nSPS) is 10.3. The summed E-state index contributed by atoms with van der Waals surface area (Å²) in [5.74, 6) is -1.06. The highest BCUT2D eigenvalue weighted by Crippen LogP contribution is 2.23. The number of rotatable bonds is 2. The van der Waals surface area contributed by atoms with Crippen LogP contribution in [0.25, 0.3) is 0 Å². The summed E-state index contributed by atoms with van der Waals surface area (Å²) in [6.45, 7) is 0. The molecule has 1 amide bonds. The summed E-state index contributed by atoms with van der Waals surface area (Å²) in [5, 5.41) is 2.61. The van der Waals surface area contributed by atoms with E-state index in [1.54, 1.807) is 7.05 Å². The van der Waals surface area contributed by atoms with Gasteiger partial charge in [0.25, 0.3) is 5.91 Å². The lowest BCUT2D eigenvalue weighted by Gasteiger charge is -2.09. The quantitative estimate of drug-likeness (QED) is 0.822. The topological polar surface area (TPSA) is 77.1 Å². The van der Waals surface area contributed by atoms with Crippen molar-refractivity contribution < 1.29 is 9.18 Å². The molecule has 0 radical (unpaired) electrons. The standard InChI is InChI=1S/C13H11BrFN3O2/c1-18-6-7(2-3-12(18)19)17-13(20)8-4-11(16)10(15)5-9(8)14/h2-6H,16H2,1H3,(H,17,20). The van der Waals surface area contributed by atoms with E-state index in [9.17, 15) is 14.0 Å². The van der Waals surface area contributed by atoms with Gasteiger partial charge in [-0.2, -0.15) is 0 Å². The maximum Gasteiger partial charge on any atom is 0.256 e. The number of carbonyl (C=O) groups excluding carboxylic acids is 1. The molecule has 104 valence electrons. The molecule has 0 aliphatic rings. The first-order valence-electron chi connectivity index (χ1n) is 5.61. The van der Waals surface area contributed by atoms with Gasteiger partial charge in [-0.15, -0.1) is 0 Å². The number of hydrogen-bond acceptors (Lipinski definition) is 3. The van der Waals surface area contributed by atoms with Crippen LogP contribution in [0.2, 0.25) is 0 Å². The molecule has 2 rings (SSSR count). The average molecular weight is 340 g/mol. The van der Waals surface area contributed by atoms with Gasteiger partial charge in [0.05, 0.1) is 16.9 Å². The van der Waals surface area contributed by atoms with Crippen molar-refractivity contribution in [2.24, 2.45) is 7.05 Å². The first kappa shape index (κ1) is 14.3. The molecule has 0 saturated carbocycles. The molecule has 2 aromatic rings. The van der Waals surface area contributed by atoms with Crippen LogP contribution in [0.4, 0.5) is 15.8 Å². The zero-order chi connectivity index (χ0) is 14.9. The van der Waals surface area contributed by atoms with Gasteiger partial charge < -0.3 is 15.6 Å². The summed E-state index contributed by atoms with van der Waals surface area (Å²) in [5.41, 5.74) is 5.80. The molecule has 0 saturated heterocycles. The van der Waals surface area contributed by atoms with Crippen molar-refractivity contribution in [2.45, 2.75) is 0 Å². The third-order valence-corrected chi connectivity index (χ3v) is 3.33. The monoisotopic (exact) mass is 339 g/mol. The van der Waals surface area contributed by atoms with Crippen molar-refractivity contribution in [1.82, 2.24) is 4.57 Å². The number of aryl methyl sites for hydroxylation is 1. The van der Waals surface area contributed by atoms with Crippen LogP contribution in [0.15, 0.2) is 39.7 Å². The first-order chi connectivity index (χ1) is 9.38. The van der Waals surface area contributed by atoms with Crippen molar-refractivity contribution in [3.05, 3.63) is 56.7 Å². The molecule has 1 heterocycles. The van der Waals surface area contributed by atoms with Gasteiger partial charge in [-0.1, -0.05) is 0 Å². The number of nitrogens with zero attached hydrogens (tertiary/aromatic N) is 1. The fourth-order valence-corrected chi connectivity index (χ4v) is 2.10. The van der Waals surface area contributed by atoms with Crippen LogP contribution in [0.5, 0.6) is 0 Å². The van der Waals surface area contributed by atoms with Crippen LogP contribution in [0, 0.1) is 5.82 Å². The Kier molecular flexibility index (Phi) is 3.89. The molecule has 3 N–H and O–H groups in total. The molecule has 5 nitrogen and oxygen atoms in total. The Morgan fingerprint density at radius 3 is 2.75 bits per heavy atom. The zero-order valence-electron chi connectivity index (χ0n) is 10.5. The van der Waals surface area contributed by atoms with Gasteiger partial charge >= 0.3 is 0 Å². The Morgan fingerprint density at radius 1 is 1.40 bits per heavy atom. The number of nitrogens with one attached hydrogen (secondary N) is 1. The van der Waals surface area contributed by atoms with Gasteiger partial charge in [-0.3, -0.25) is 9.59 Å². The molecular formula is C13H11BrFN3O2. The highest BCUT2D eigenvalue weighted by atomic mass is 79.9. The number of pyridine rings is 1. The lowest BCUT2D eigenvalue weighted by atomic mass is 10.2. The minimum Gasteiger partial charge on any atom is -0.396 e. The van der Waals surface area contributed by atoms with E-state index in [0.29, 0.717) is 10.2 Å². The number of halogens is 2. The largest absolute Gasteiger partial charge is 0.396 e. The van der Waals surface area contributed by atoms with Gasteiger partial charge in [0.15, 0.2) is 0 Å². The van der Waals surface area contributed by atoms with Gasteiger partial charge in [-0.25, -0.2) is 4.39 Å². The fourth-order valence-electron chi connectivity index (χ4n) is 1.61. The second kappa shape index (κ2) is 5.46. The zero-order valence-corrected chi connectivity index (χ0v) is 12.1. The number of nitrogens with two attached hydrogens (primary N) is 1. The van der Waals surface area contributed by atoms with Gasteiger partial charge in [0.2, 0.25) is 5.56 Å².